The molecule has 0 aromatic heterocycles. The normalized spacial score (nSPS) is 34.8. The topological polar surface area (TPSA) is 98.7 Å². The molecule has 4 N–H and O–H groups in total. The fourth-order valence-electron chi connectivity index (χ4n) is 3.01. The number of rotatable bonds is 3. The van der Waals surface area contributed by atoms with Crippen molar-refractivity contribution in [2.45, 2.75) is 63.1 Å². The van der Waals surface area contributed by atoms with E-state index in [4.69, 9.17) is 5.11 Å². The fourth-order valence-corrected chi connectivity index (χ4v) is 3.01. The predicted octanol–water partition coefficient (Wildman–Crippen LogP) is 0.842. The number of urea groups is 1. The van der Waals surface area contributed by atoms with Crippen molar-refractivity contribution in [3.63, 3.8) is 0 Å². The Kier molecular flexibility index (Phi) is 4.63. The van der Waals surface area contributed by atoms with Crippen LogP contribution in [-0.4, -0.2) is 40.4 Å². The van der Waals surface area contributed by atoms with Crippen LogP contribution in [0.5, 0.6) is 0 Å². The summed E-state index contributed by atoms with van der Waals surface area (Å²) in [6.07, 6.45) is 4.91. The maximum absolute atomic E-state index is 11.8. The molecule has 0 bridgehead atoms. The van der Waals surface area contributed by atoms with Gasteiger partial charge in [-0.1, -0.05) is 12.8 Å². The standard InChI is InChI=1S/C13H22N2O4/c16-11-4-2-1-3-10(11)15-13(19)14-9-6-5-8(7-9)12(17)18/h8-11,16H,1-7H2,(H,17,18)(H2,14,15,19)/t8-,9+,10?,11?/m1/s1. The SMILES string of the molecule is O=C(NC1CCCCC1O)N[C@H]1CC[C@@H](C(=O)O)C1. The number of hydrogen-bond donors (Lipinski definition) is 4. The Morgan fingerprint density at radius 1 is 1.00 bits per heavy atom. The smallest absolute Gasteiger partial charge is 0.315 e. The number of aliphatic carboxylic acids is 1. The zero-order chi connectivity index (χ0) is 13.8. The molecule has 2 aliphatic carbocycles. The monoisotopic (exact) mass is 270 g/mol. The van der Waals surface area contributed by atoms with Gasteiger partial charge in [-0.3, -0.25) is 4.79 Å². The van der Waals surface area contributed by atoms with E-state index in [1.165, 1.54) is 0 Å². The molecule has 2 aliphatic rings. The van der Waals surface area contributed by atoms with E-state index < -0.39 is 12.1 Å². The van der Waals surface area contributed by atoms with Gasteiger partial charge in [-0.05, 0) is 32.1 Å². The van der Waals surface area contributed by atoms with E-state index in [9.17, 15) is 14.7 Å². The number of carbonyl (C=O) groups excluding carboxylic acids is 1. The summed E-state index contributed by atoms with van der Waals surface area (Å²) in [5, 5.41) is 24.3. The van der Waals surface area contributed by atoms with Crippen LogP contribution in [0.4, 0.5) is 4.79 Å². The van der Waals surface area contributed by atoms with E-state index >= 15 is 0 Å². The van der Waals surface area contributed by atoms with Gasteiger partial charge in [0.05, 0.1) is 18.1 Å². The summed E-state index contributed by atoms with van der Waals surface area (Å²) in [7, 11) is 0. The molecule has 2 amide bonds. The first-order chi connectivity index (χ1) is 9.06. The van der Waals surface area contributed by atoms with Gasteiger partial charge in [-0.15, -0.1) is 0 Å². The van der Waals surface area contributed by atoms with Gasteiger partial charge in [-0.25, -0.2) is 4.79 Å². The number of amides is 2. The third-order valence-electron chi connectivity index (χ3n) is 4.16. The molecule has 2 saturated carbocycles. The van der Waals surface area contributed by atoms with E-state index in [0.29, 0.717) is 19.3 Å². The summed E-state index contributed by atoms with van der Waals surface area (Å²) >= 11 is 0. The molecule has 0 radical (unpaired) electrons. The van der Waals surface area contributed by atoms with Crippen molar-refractivity contribution < 1.29 is 19.8 Å². The zero-order valence-corrected chi connectivity index (χ0v) is 11.0. The van der Waals surface area contributed by atoms with Crippen molar-refractivity contribution in [3.8, 4) is 0 Å². The molecule has 2 rings (SSSR count). The van der Waals surface area contributed by atoms with Crippen LogP contribution in [0.3, 0.4) is 0 Å². The number of carboxylic acids is 1. The van der Waals surface area contributed by atoms with Crippen LogP contribution in [0.25, 0.3) is 0 Å². The van der Waals surface area contributed by atoms with Gasteiger partial charge in [0, 0.05) is 6.04 Å². The highest BCUT2D eigenvalue weighted by Crippen LogP contribution is 2.25. The molecule has 19 heavy (non-hydrogen) atoms. The van der Waals surface area contributed by atoms with E-state index in [2.05, 4.69) is 10.6 Å². The van der Waals surface area contributed by atoms with Crippen molar-refractivity contribution in [2.75, 3.05) is 0 Å². The molecule has 0 saturated heterocycles. The first kappa shape index (κ1) is 14.1. The van der Waals surface area contributed by atoms with Crippen molar-refractivity contribution in [1.29, 1.82) is 0 Å². The summed E-state index contributed by atoms with van der Waals surface area (Å²) in [6.45, 7) is 0. The minimum Gasteiger partial charge on any atom is -0.481 e. The Bertz CT molecular complexity index is 348. The second-order valence-corrected chi connectivity index (χ2v) is 5.62. The van der Waals surface area contributed by atoms with Crippen LogP contribution < -0.4 is 10.6 Å². The summed E-state index contributed by atoms with van der Waals surface area (Å²) in [5.41, 5.74) is 0. The Labute approximate surface area is 112 Å². The number of hydrogen-bond acceptors (Lipinski definition) is 3. The molecule has 0 spiro atoms. The molecule has 0 heterocycles. The third kappa shape index (κ3) is 3.83. The van der Waals surface area contributed by atoms with E-state index in [-0.39, 0.29) is 24.0 Å². The molecule has 2 fully saturated rings. The maximum Gasteiger partial charge on any atom is 0.315 e. The molecule has 0 aromatic carbocycles. The van der Waals surface area contributed by atoms with Crippen molar-refractivity contribution in [1.82, 2.24) is 10.6 Å². The van der Waals surface area contributed by atoms with E-state index in [1.54, 1.807) is 0 Å². The Hall–Kier alpha value is -1.30. The lowest BCUT2D eigenvalue weighted by atomic mass is 9.93. The average molecular weight is 270 g/mol. The molecule has 4 atom stereocenters. The number of carboxylic acid groups (broad SMARTS) is 1. The van der Waals surface area contributed by atoms with Crippen LogP contribution in [0.2, 0.25) is 0 Å². The van der Waals surface area contributed by atoms with Crippen molar-refractivity contribution >= 4 is 12.0 Å². The molecular formula is C13H22N2O4. The third-order valence-corrected chi connectivity index (χ3v) is 4.16. The van der Waals surface area contributed by atoms with Gasteiger partial charge in [0.15, 0.2) is 0 Å². The minimum atomic E-state index is -0.785. The highest BCUT2D eigenvalue weighted by Gasteiger charge is 2.31. The Morgan fingerprint density at radius 3 is 2.37 bits per heavy atom. The molecule has 108 valence electrons. The lowest BCUT2D eigenvalue weighted by molar-refractivity contribution is -0.141. The summed E-state index contributed by atoms with van der Waals surface area (Å²) in [5.74, 6) is -1.13. The summed E-state index contributed by atoms with van der Waals surface area (Å²) in [6, 6.07) is -0.533. The highest BCUT2D eigenvalue weighted by molar-refractivity contribution is 5.75. The molecule has 6 nitrogen and oxygen atoms in total. The average Bonchev–Trinajstić information content (AvgIpc) is 2.80. The van der Waals surface area contributed by atoms with E-state index in [0.717, 1.165) is 25.7 Å². The van der Waals surface area contributed by atoms with Gasteiger partial charge in [0.2, 0.25) is 0 Å². The second-order valence-electron chi connectivity index (χ2n) is 5.62. The number of carbonyl (C=O) groups is 2. The Balaban J connectivity index is 1.74. The number of nitrogens with one attached hydrogen (secondary N) is 2. The van der Waals surface area contributed by atoms with Crippen molar-refractivity contribution in [3.05, 3.63) is 0 Å². The van der Waals surface area contributed by atoms with Crippen molar-refractivity contribution in [2.24, 2.45) is 5.92 Å². The lowest BCUT2D eigenvalue weighted by Gasteiger charge is -2.28. The van der Waals surface area contributed by atoms with Crippen LogP contribution in [0.1, 0.15) is 44.9 Å². The summed E-state index contributed by atoms with van der Waals surface area (Å²) in [4.78, 5) is 22.6. The fraction of sp³-hybridized carbons (Fsp3) is 0.846. The van der Waals surface area contributed by atoms with Gasteiger partial charge >= 0.3 is 12.0 Å². The summed E-state index contributed by atoms with van der Waals surface area (Å²) < 4.78 is 0. The first-order valence-electron chi connectivity index (χ1n) is 7.04. The van der Waals surface area contributed by atoms with Gasteiger partial charge < -0.3 is 20.8 Å². The molecule has 6 heteroatoms. The number of aliphatic hydroxyl groups excluding tert-OH is 1. The van der Waals surface area contributed by atoms with Gasteiger partial charge in [-0.2, -0.15) is 0 Å². The number of aliphatic hydroxyl groups is 1. The van der Waals surface area contributed by atoms with Crippen LogP contribution in [0.15, 0.2) is 0 Å². The van der Waals surface area contributed by atoms with Crippen LogP contribution in [-0.2, 0) is 4.79 Å². The minimum absolute atomic E-state index is 0.0677. The molecule has 0 aliphatic heterocycles. The highest BCUT2D eigenvalue weighted by atomic mass is 16.4. The quantitative estimate of drug-likeness (QED) is 0.611. The predicted molar refractivity (Wildman–Crippen MR) is 68.7 cm³/mol. The molecular weight excluding hydrogens is 248 g/mol. The largest absolute Gasteiger partial charge is 0.481 e. The van der Waals surface area contributed by atoms with Crippen LogP contribution in [0, 0.1) is 5.92 Å². The maximum atomic E-state index is 11.8. The van der Waals surface area contributed by atoms with Gasteiger partial charge in [0.1, 0.15) is 0 Å². The molecule has 0 aromatic rings. The second kappa shape index (κ2) is 6.23. The lowest BCUT2D eigenvalue weighted by Crippen LogP contribution is -2.50. The zero-order valence-electron chi connectivity index (χ0n) is 11.0. The van der Waals surface area contributed by atoms with Gasteiger partial charge in [0.25, 0.3) is 0 Å². The molecule has 2 unspecified atom stereocenters. The Morgan fingerprint density at radius 2 is 1.74 bits per heavy atom. The first-order valence-corrected chi connectivity index (χ1v) is 7.04. The van der Waals surface area contributed by atoms with E-state index in [1.807, 2.05) is 0 Å². The van der Waals surface area contributed by atoms with Crippen LogP contribution >= 0.6 is 0 Å².